The van der Waals surface area contributed by atoms with Crippen molar-refractivity contribution < 1.29 is 14.3 Å². The highest BCUT2D eigenvalue weighted by atomic mass is 32.1. The van der Waals surface area contributed by atoms with Gasteiger partial charge in [0.25, 0.3) is 0 Å². The SMILES string of the molecule is CCCOCCCOC(=O)CCS. The van der Waals surface area contributed by atoms with Crippen molar-refractivity contribution in [2.45, 2.75) is 26.2 Å². The molecule has 0 saturated carbocycles. The third kappa shape index (κ3) is 9.70. The minimum atomic E-state index is -0.175. The summed E-state index contributed by atoms with van der Waals surface area (Å²) in [5, 5.41) is 0. The molecule has 4 heteroatoms. The second kappa shape index (κ2) is 9.86. The van der Waals surface area contributed by atoms with Gasteiger partial charge in [0.05, 0.1) is 13.0 Å². The summed E-state index contributed by atoms with van der Waals surface area (Å²) in [7, 11) is 0. The Hall–Kier alpha value is -0.220. The molecule has 0 heterocycles. The highest BCUT2D eigenvalue weighted by Gasteiger charge is 1.99. The lowest BCUT2D eigenvalue weighted by atomic mass is 10.4. The van der Waals surface area contributed by atoms with Crippen LogP contribution in [0.5, 0.6) is 0 Å². The van der Waals surface area contributed by atoms with Gasteiger partial charge < -0.3 is 9.47 Å². The van der Waals surface area contributed by atoms with Crippen LogP contribution in [0.3, 0.4) is 0 Å². The average molecular weight is 206 g/mol. The van der Waals surface area contributed by atoms with E-state index in [9.17, 15) is 4.79 Å². The van der Waals surface area contributed by atoms with Crippen LogP contribution in [0, 0.1) is 0 Å². The maximum Gasteiger partial charge on any atom is 0.306 e. The molecule has 78 valence electrons. The molecule has 0 unspecified atom stereocenters. The van der Waals surface area contributed by atoms with E-state index in [1.165, 1.54) is 0 Å². The number of carbonyl (C=O) groups excluding carboxylic acids is 1. The van der Waals surface area contributed by atoms with Crippen LogP contribution < -0.4 is 0 Å². The van der Waals surface area contributed by atoms with Crippen molar-refractivity contribution in [3.63, 3.8) is 0 Å². The van der Waals surface area contributed by atoms with Crippen molar-refractivity contribution >= 4 is 18.6 Å². The van der Waals surface area contributed by atoms with E-state index >= 15 is 0 Å². The van der Waals surface area contributed by atoms with E-state index in [1.54, 1.807) is 0 Å². The molecule has 0 aliphatic carbocycles. The van der Waals surface area contributed by atoms with E-state index in [0.29, 0.717) is 25.4 Å². The summed E-state index contributed by atoms with van der Waals surface area (Å²) in [4.78, 5) is 10.8. The van der Waals surface area contributed by atoms with Gasteiger partial charge in [-0.25, -0.2) is 0 Å². The number of hydrogen-bond donors (Lipinski definition) is 1. The van der Waals surface area contributed by atoms with Crippen molar-refractivity contribution in [1.82, 2.24) is 0 Å². The molecule has 0 bridgehead atoms. The van der Waals surface area contributed by atoms with Gasteiger partial charge in [0.15, 0.2) is 0 Å². The van der Waals surface area contributed by atoms with Crippen LogP contribution in [-0.4, -0.2) is 31.5 Å². The third-order valence-corrected chi connectivity index (χ3v) is 1.58. The number of carbonyl (C=O) groups is 1. The van der Waals surface area contributed by atoms with Gasteiger partial charge in [-0.1, -0.05) is 6.92 Å². The molecule has 0 saturated heterocycles. The van der Waals surface area contributed by atoms with Crippen LogP contribution in [0.4, 0.5) is 0 Å². The molecule has 0 aliphatic rings. The first-order valence-corrected chi connectivity index (χ1v) is 5.28. The Morgan fingerprint density at radius 3 is 2.69 bits per heavy atom. The Bertz CT molecular complexity index is 128. The molecule has 0 N–H and O–H groups in total. The van der Waals surface area contributed by atoms with E-state index in [0.717, 1.165) is 19.4 Å². The van der Waals surface area contributed by atoms with Crippen molar-refractivity contribution in [3.05, 3.63) is 0 Å². The van der Waals surface area contributed by atoms with Gasteiger partial charge in [-0.3, -0.25) is 4.79 Å². The molecule has 0 aromatic rings. The maximum atomic E-state index is 10.8. The summed E-state index contributed by atoms with van der Waals surface area (Å²) in [6.45, 7) is 3.97. The normalized spacial score (nSPS) is 10.0. The molecule has 0 atom stereocenters. The van der Waals surface area contributed by atoms with E-state index in [2.05, 4.69) is 19.6 Å². The molecular weight excluding hydrogens is 188 g/mol. The van der Waals surface area contributed by atoms with Gasteiger partial charge in [0, 0.05) is 25.4 Å². The van der Waals surface area contributed by atoms with Crippen LogP contribution in [0.2, 0.25) is 0 Å². The first-order chi connectivity index (χ1) is 6.31. The van der Waals surface area contributed by atoms with E-state index in [1.807, 2.05) is 0 Å². The molecular formula is C9H18O3S. The summed E-state index contributed by atoms with van der Waals surface area (Å²) in [5.41, 5.74) is 0. The lowest BCUT2D eigenvalue weighted by molar-refractivity contribution is -0.143. The van der Waals surface area contributed by atoms with Gasteiger partial charge in [-0.2, -0.15) is 12.6 Å². The Kier molecular flexibility index (Phi) is 9.70. The van der Waals surface area contributed by atoms with Crippen molar-refractivity contribution in [3.8, 4) is 0 Å². The second-order valence-electron chi connectivity index (χ2n) is 2.66. The fraction of sp³-hybridized carbons (Fsp3) is 0.889. The highest BCUT2D eigenvalue weighted by Crippen LogP contribution is 1.92. The van der Waals surface area contributed by atoms with Gasteiger partial charge in [0.2, 0.25) is 0 Å². The summed E-state index contributed by atoms with van der Waals surface area (Å²) in [6, 6.07) is 0. The highest BCUT2D eigenvalue weighted by molar-refractivity contribution is 7.80. The number of ether oxygens (including phenoxy) is 2. The second-order valence-corrected chi connectivity index (χ2v) is 3.11. The maximum absolute atomic E-state index is 10.8. The largest absolute Gasteiger partial charge is 0.466 e. The van der Waals surface area contributed by atoms with Crippen LogP contribution in [0.15, 0.2) is 0 Å². The Morgan fingerprint density at radius 1 is 1.31 bits per heavy atom. The first kappa shape index (κ1) is 12.8. The Morgan fingerprint density at radius 2 is 2.08 bits per heavy atom. The molecule has 0 amide bonds. The number of thiol groups is 1. The average Bonchev–Trinajstić information content (AvgIpc) is 2.11. The lowest BCUT2D eigenvalue weighted by Crippen LogP contribution is -2.08. The lowest BCUT2D eigenvalue weighted by Gasteiger charge is -2.04. The van der Waals surface area contributed by atoms with E-state index in [-0.39, 0.29) is 5.97 Å². The zero-order valence-corrected chi connectivity index (χ0v) is 9.02. The predicted molar refractivity (Wildman–Crippen MR) is 55.2 cm³/mol. The molecule has 0 aliphatic heterocycles. The van der Waals surface area contributed by atoms with Crippen LogP contribution in [0.1, 0.15) is 26.2 Å². The van der Waals surface area contributed by atoms with E-state index < -0.39 is 0 Å². The molecule has 0 spiro atoms. The molecule has 0 fully saturated rings. The summed E-state index contributed by atoms with van der Waals surface area (Å²) in [6.07, 6.45) is 2.19. The Labute approximate surface area is 85.2 Å². The fourth-order valence-electron chi connectivity index (χ4n) is 0.757. The molecule has 0 aromatic heterocycles. The molecule has 0 radical (unpaired) electrons. The standard InChI is InChI=1S/C9H18O3S/c1-2-5-11-6-3-7-12-9(10)4-8-13/h13H,2-8H2,1H3. The first-order valence-electron chi connectivity index (χ1n) is 4.65. The van der Waals surface area contributed by atoms with Crippen molar-refractivity contribution in [2.24, 2.45) is 0 Å². The molecule has 3 nitrogen and oxygen atoms in total. The summed E-state index contributed by atoms with van der Waals surface area (Å²) < 4.78 is 10.1. The molecule has 0 rings (SSSR count). The third-order valence-electron chi connectivity index (χ3n) is 1.36. The van der Waals surface area contributed by atoms with Gasteiger partial charge in [-0.15, -0.1) is 0 Å². The van der Waals surface area contributed by atoms with Crippen molar-refractivity contribution in [1.29, 1.82) is 0 Å². The number of esters is 1. The summed E-state index contributed by atoms with van der Waals surface area (Å²) in [5.74, 6) is 0.371. The Balaban J connectivity index is 3.02. The summed E-state index contributed by atoms with van der Waals surface area (Å²) >= 11 is 3.93. The van der Waals surface area contributed by atoms with Gasteiger partial charge in [-0.05, 0) is 6.42 Å². The van der Waals surface area contributed by atoms with Gasteiger partial charge >= 0.3 is 5.97 Å². The number of rotatable bonds is 8. The predicted octanol–water partition coefficient (Wildman–Crippen LogP) is 1.67. The molecule has 13 heavy (non-hydrogen) atoms. The fourth-order valence-corrected chi connectivity index (χ4v) is 0.939. The molecule has 0 aromatic carbocycles. The zero-order chi connectivity index (χ0) is 9.94. The quantitative estimate of drug-likeness (QED) is 0.373. The minimum absolute atomic E-state index is 0.175. The smallest absolute Gasteiger partial charge is 0.306 e. The van der Waals surface area contributed by atoms with Crippen LogP contribution in [0.25, 0.3) is 0 Å². The van der Waals surface area contributed by atoms with Crippen LogP contribution in [-0.2, 0) is 14.3 Å². The number of hydrogen-bond acceptors (Lipinski definition) is 4. The minimum Gasteiger partial charge on any atom is -0.466 e. The van der Waals surface area contributed by atoms with Crippen LogP contribution >= 0.6 is 12.6 Å². The van der Waals surface area contributed by atoms with E-state index in [4.69, 9.17) is 9.47 Å². The topological polar surface area (TPSA) is 35.5 Å². The van der Waals surface area contributed by atoms with Gasteiger partial charge in [0.1, 0.15) is 0 Å². The monoisotopic (exact) mass is 206 g/mol. The zero-order valence-electron chi connectivity index (χ0n) is 8.12. The van der Waals surface area contributed by atoms with Crippen molar-refractivity contribution in [2.75, 3.05) is 25.6 Å².